The average Bonchev–Trinajstić information content (AvgIpc) is 2.94. The summed E-state index contributed by atoms with van der Waals surface area (Å²) in [4.78, 5) is 7.09. The van der Waals surface area contributed by atoms with Crippen LogP contribution >= 0.6 is 11.3 Å². The molecule has 0 fully saturated rings. The molecule has 4 nitrogen and oxygen atoms in total. The van der Waals surface area contributed by atoms with Crippen molar-refractivity contribution in [2.45, 2.75) is 46.7 Å². The average molecular weight is 264 g/mol. The molecule has 2 N–H and O–H groups in total. The van der Waals surface area contributed by atoms with Gasteiger partial charge in [-0.1, -0.05) is 13.8 Å². The number of thiophene rings is 1. The second-order valence-corrected chi connectivity index (χ2v) is 5.65. The maximum Gasteiger partial charge on any atom is 0.150 e. The monoisotopic (exact) mass is 264 g/mol. The highest BCUT2D eigenvalue weighted by atomic mass is 32.1. The summed E-state index contributed by atoms with van der Waals surface area (Å²) in [6.07, 6.45) is 1.80. The minimum Gasteiger partial charge on any atom is -0.326 e. The minimum absolute atomic E-state index is 0.615. The molecular weight excluding hydrogens is 244 g/mol. The van der Waals surface area contributed by atoms with Crippen LogP contribution < -0.4 is 5.73 Å². The van der Waals surface area contributed by atoms with Crippen molar-refractivity contribution in [1.29, 1.82) is 0 Å². The van der Waals surface area contributed by atoms with Gasteiger partial charge >= 0.3 is 0 Å². The molecule has 0 spiro atoms. The molecule has 0 aliphatic heterocycles. The van der Waals surface area contributed by atoms with E-state index in [2.05, 4.69) is 36.9 Å². The second kappa shape index (κ2) is 5.63. The van der Waals surface area contributed by atoms with Crippen molar-refractivity contribution in [3.63, 3.8) is 0 Å². The predicted octanol–water partition coefficient (Wildman–Crippen LogP) is 2.28. The summed E-state index contributed by atoms with van der Waals surface area (Å²) in [5.74, 6) is 1.99. The van der Waals surface area contributed by atoms with Gasteiger partial charge < -0.3 is 5.73 Å². The second-order valence-electron chi connectivity index (χ2n) is 4.31. The lowest BCUT2D eigenvalue weighted by Gasteiger charge is -2.03. The molecule has 2 rings (SSSR count). The Morgan fingerprint density at radius 3 is 2.67 bits per heavy atom. The molecule has 98 valence electrons. The van der Waals surface area contributed by atoms with Crippen LogP contribution in [0.15, 0.2) is 6.07 Å². The van der Waals surface area contributed by atoms with Crippen LogP contribution in [-0.2, 0) is 25.9 Å². The number of nitrogens with two attached hydrogens (primary N) is 1. The lowest BCUT2D eigenvalue weighted by molar-refractivity contribution is 0.636. The number of rotatable bonds is 5. The predicted molar refractivity (Wildman–Crippen MR) is 74.8 cm³/mol. The Balaban J connectivity index is 2.26. The molecule has 5 heteroatoms. The molecule has 2 aromatic heterocycles. The van der Waals surface area contributed by atoms with Gasteiger partial charge in [0.05, 0.1) is 6.54 Å². The SMILES string of the molecule is CCc1nc(CC)n(Cc2cc(CN)sc2C)n1. The van der Waals surface area contributed by atoms with E-state index in [1.807, 2.05) is 4.68 Å². The zero-order valence-electron chi connectivity index (χ0n) is 11.2. The van der Waals surface area contributed by atoms with Crippen LogP contribution in [0.4, 0.5) is 0 Å². The van der Waals surface area contributed by atoms with Crippen LogP contribution in [0.2, 0.25) is 0 Å². The first-order valence-electron chi connectivity index (χ1n) is 6.38. The smallest absolute Gasteiger partial charge is 0.150 e. The molecule has 0 atom stereocenters. The molecule has 0 aliphatic carbocycles. The van der Waals surface area contributed by atoms with E-state index in [0.29, 0.717) is 6.54 Å². The van der Waals surface area contributed by atoms with Crippen LogP contribution in [0.25, 0.3) is 0 Å². The zero-order valence-corrected chi connectivity index (χ0v) is 12.0. The van der Waals surface area contributed by atoms with E-state index >= 15 is 0 Å². The Bertz CT molecular complexity index is 527. The number of aromatic nitrogens is 3. The van der Waals surface area contributed by atoms with E-state index in [0.717, 1.165) is 31.0 Å². The van der Waals surface area contributed by atoms with Crippen molar-refractivity contribution in [3.05, 3.63) is 33.0 Å². The highest BCUT2D eigenvalue weighted by Crippen LogP contribution is 2.22. The largest absolute Gasteiger partial charge is 0.326 e. The fourth-order valence-electron chi connectivity index (χ4n) is 1.97. The van der Waals surface area contributed by atoms with Gasteiger partial charge in [0.2, 0.25) is 0 Å². The van der Waals surface area contributed by atoms with E-state index in [1.165, 1.54) is 15.3 Å². The van der Waals surface area contributed by atoms with Gasteiger partial charge in [0.1, 0.15) is 5.82 Å². The van der Waals surface area contributed by atoms with Crippen LogP contribution in [-0.4, -0.2) is 14.8 Å². The highest BCUT2D eigenvalue weighted by Gasteiger charge is 2.10. The Kier molecular flexibility index (Phi) is 4.14. The van der Waals surface area contributed by atoms with E-state index in [4.69, 9.17) is 5.73 Å². The summed E-state index contributed by atoms with van der Waals surface area (Å²) in [5.41, 5.74) is 6.99. The first-order valence-corrected chi connectivity index (χ1v) is 7.20. The first-order chi connectivity index (χ1) is 8.67. The van der Waals surface area contributed by atoms with E-state index < -0.39 is 0 Å². The van der Waals surface area contributed by atoms with E-state index in [1.54, 1.807) is 11.3 Å². The Morgan fingerprint density at radius 1 is 1.33 bits per heavy atom. The van der Waals surface area contributed by atoms with E-state index in [9.17, 15) is 0 Å². The third-order valence-electron chi connectivity index (χ3n) is 3.02. The van der Waals surface area contributed by atoms with Crippen LogP contribution in [0, 0.1) is 6.92 Å². The third kappa shape index (κ3) is 2.62. The number of aryl methyl sites for hydroxylation is 3. The summed E-state index contributed by atoms with van der Waals surface area (Å²) in [7, 11) is 0. The number of nitrogens with zero attached hydrogens (tertiary/aromatic N) is 3. The molecule has 0 radical (unpaired) electrons. The Morgan fingerprint density at radius 2 is 2.11 bits per heavy atom. The molecule has 18 heavy (non-hydrogen) atoms. The van der Waals surface area contributed by atoms with Gasteiger partial charge in [-0.05, 0) is 18.6 Å². The molecule has 0 bridgehead atoms. The van der Waals surface area contributed by atoms with Crippen molar-refractivity contribution >= 4 is 11.3 Å². The Hall–Kier alpha value is -1.20. The number of hydrogen-bond acceptors (Lipinski definition) is 4. The van der Waals surface area contributed by atoms with Crippen molar-refractivity contribution in [2.75, 3.05) is 0 Å². The topological polar surface area (TPSA) is 56.7 Å². The van der Waals surface area contributed by atoms with Crippen molar-refractivity contribution < 1.29 is 0 Å². The van der Waals surface area contributed by atoms with Gasteiger partial charge in [0.15, 0.2) is 5.82 Å². The molecule has 0 aliphatic rings. The Labute approximate surface area is 112 Å². The van der Waals surface area contributed by atoms with Gasteiger partial charge in [0, 0.05) is 29.1 Å². The van der Waals surface area contributed by atoms with Gasteiger partial charge in [-0.25, -0.2) is 9.67 Å². The van der Waals surface area contributed by atoms with Crippen LogP contribution in [0.1, 0.15) is 40.8 Å². The molecule has 0 saturated heterocycles. The fourth-order valence-corrected chi connectivity index (χ4v) is 2.90. The summed E-state index contributed by atoms with van der Waals surface area (Å²) >= 11 is 1.77. The minimum atomic E-state index is 0.615. The van der Waals surface area contributed by atoms with Crippen molar-refractivity contribution in [3.8, 4) is 0 Å². The zero-order chi connectivity index (χ0) is 13.1. The normalized spacial score (nSPS) is 11.1. The maximum atomic E-state index is 5.68. The lowest BCUT2D eigenvalue weighted by Crippen LogP contribution is -2.06. The molecule has 0 saturated carbocycles. The third-order valence-corrected chi connectivity index (χ3v) is 4.13. The van der Waals surface area contributed by atoms with Gasteiger partial charge in [0.25, 0.3) is 0 Å². The molecule has 0 aromatic carbocycles. The number of hydrogen-bond donors (Lipinski definition) is 1. The molecule has 0 unspecified atom stereocenters. The van der Waals surface area contributed by atoms with Crippen LogP contribution in [0.5, 0.6) is 0 Å². The first kappa shape index (κ1) is 13.2. The molecular formula is C13H20N4S. The van der Waals surface area contributed by atoms with E-state index in [-0.39, 0.29) is 0 Å². The van der Waals surface area contributed by atoms with Gasteiger partial charge in [-0.2, -0.15) is 5.10 Å². The molecule has 0 amide bonds. The van der Waals surface area contributed by atoms with Gasteiger partial charge in [-0.3, -0.25) is 0 Å². The summed E-state index contributed by atoms with van der Waals surface area (Å²) in [5, 5.41) is 4.55. The van der Waals surface area contributed by atoms with Crippen molar-refractivity contribution in [2.24, 2.45) is 5.73 Å². The summed E-state index contributed by atoms with van der Waals surface area (Å²) < 4.78 is 2.02. The lowest BCUT2D eigenvalue weighted by atomic mass is 10.2. The van der Waals surface area contributed by atoms with Crippen molar-refractivity contribution in [1.82, 2.24) is 14.8 Å². The highest BCUT2D eigenvalue weighted by molar-refractivity contribution is 7.12. The maximum absolute atomic E-state index is 5.68. The van der Waals surface area contributed by atoms with Crippen LogP contribution in [0.3, 0.4) is 0 Å². The van der Waals surface area contributed by atoms with Gasteiger partial charge in [-0.15, -0.1) is 11.3 Å². The molecule has 2 heterocycles. The molecule has 2 aromatic rings. The fraction of sp³-hybridized carbons (Fsp3) is 0.538. The quantitative estimate of drug-likeness (QED) is 0.901. The summed E-state index contributed by atoms with van der Waals surface area (Å²) in [6, 6.07) is 2.19. The standard InChI is InChI=1S/C13H20N4S/c1-4-12-15-13(5-2)17(16-12)8-10-6-11(7-14)18-9(10)3/h6H,4-5,7-8,14H2,1-3H3. The summed E-state index contributed by atoms with van der Waals surface area (Å²) in [6.45, 7) is 7.76.